The molecule has 0 spiro atoms. The molecule has 1 fully saturated rings. The Morgan fingerprint density at radius 1 is 1.00 bits per heavy atom. The highest BCUT2D eigenvalue weighted by molar-refractivity contribution is 6.01. The van der Waals surface area contributed by atoms with E-state index in [0.29, 0.717) is 30.4 Å². The first-order chi connectivity index (χ1) is 16.5. The van der Waals surface area contributed by atoms with E-state index in [1.54, 1.807) is 0 Å². The number of fused-ring (bicyclic) bond motifs is 1. The molecule has 1 aliphatic rings. The SMILES string of the molecule is Cc1cccc(Nc2c(C(=O)N3CCC(c4ccccc4)CC3)cnc3c(C(=O)O)cnn23)c1. The van der Waals surface area contributed by atoms with E-state index >= 15 is 0 Å². The van der Waals surface area contributed by atoms with Crippen LogP contribution in [0.15, 0.2) is 67.0 Å². The second-order valence-electron chi connectivity index (χ2n) is 8.59. The number of anilines is 2. The Kier molecular flexibility index (Phi) is 5.71. The van der Waals surface area contributed by atoms with Crippen LogP contribution in [0.25, 0.3) is 5.65 Å². The molecule has 1 saturated heterocycles. The zero-order chi connectivity index (χ0) is 23.7. The van der Waals surface area contributed by atoms with Gasteiger partial charge in [0.2, 0.25) is 0 Å². The van der Waals surface area contributed by atoms with Crippen molar-refractivity contribution in [3.63, 3.8) is 0 Å². The van der Waals surface area contributed by atoms with E-state index in [1.807, 2.05) is 54.3 Å². The van der Waals surface area contributed by atoms with Crippen molar-refractivity contribution in [3.05, 3.63) is 89.2 Å². The Bertz CT molecular complexity index is 1360. The molecule has 4 aromatic rings. The fourth-order valence-corrected chi connectivity index (χ4v) is 4.53. The van der Waals surface area contributed by atoms with Crippen LogP contribution < -0.4 is 5.32 Å². The van der Waals surface area contributed by atoms with E-state index in [2.05, 4.69) is 27.5 Å². The van der Waals surface area contributed by atoms with Gasteiger partial charge in [0.25, 0.3) is 5.91 Å². The van der Waals surface area contributed by atoms with Crippen LogP contribution in [-0.4, -0.2) is 49.6 Å². The second kappa shape index (κ2) is 8.97. The molecule has 0 aliphatic carbocycles. The van der Waals surface area contributed by atoms with Gasteiger partial charge >= 0.3 is 5.97 Å². The minimum Gasteiger partial charge on any atom is -0.477 e. The fourth-order valence-electron chi connectivity index (χ4n) is 4.53. The molecule has 5 rings (SSSR count). The third-order valence-electron chi connectivity index (χ3n) is 6.32. The number of likely N-dealkylation sites (tertiary alicyclic amines) is 1. The molecule has 2 N–H and O–H groups in total. The summed E-state index contributed by atoms with van der Waals surface area (Å²) in [5, 5.41) is 17.0. The average Bonchev–Trinajstić information content (AvgIpc) is 3.30. The van der Waals surface area contributed by atoms with Gasteiger partial charge in [0.05, 0.1) is 6.20 Å². The molecular formula is C26H25N5O3. The summed E-state index contributed by atoms with van der Waals surface area (Å²) >= 11 is 0. The predicted octanol–water partition coefficient (Wildman–Crippen LogP) is 4.50. The first kappa shape index (κ1) is 21.6. The number of carbonyl (C=O) groups excluding carboxylic acids is 1. The van der Waals surface area contributed by atoms with Crippen molar-refractivity contribution in [2.45, 2.75) is 25.7 Å². The molecule has 0 atom stereocenters. The quantitative estimate of drug-likeness (QED) is 0.460. The van der Waals surface area contributed by atoms with Crippen LogP contribution in [-0.2, 0) is 0 Å². The lowest BCUT2D eigenvalue weighted by atomic mass is 9.89. The second-order valence-corrected chi connectivity index (χ2v) is 8.59. The smallest absolute Gasteiger partial charge is 0.341 e. The van der Waals surface area contributed by atoms with Gasteiger partial charge in [-0.25, -0.2) is 9.78 Å². The zero-order valence-corrected chi connectivity index (χ0v) is 18.8. The molecule has 2 aromatic carbocycles. The van der Waals surface area contributed by atoms with Crippen molar-refractivity contribution in [1.82, 2.24) is 19.5 Å². The number of aromatic nitrogens is 3. The molecule has 0 bridgehead atoms. The van der Waals surface area contributed by atoms with Crippen LogP contribution in [0.3, 0.4) is 0 Å². The van der Waals surface area contributed by atoms with Crippen molar-refractivity contribution in [2.24, 2.45) is 0 Å². The van der Waals surface area contributed by atoms with Crippen molar-refractivity contribution in [2.75, 3.05) is 18.4 Å². The third-order valence-corrected chi connectivity index (χ3v) is 6.32. The molecular weight excluding hydrogens is 430 g/mol. The molecule has 8 nitrogen and oxygen atoms in total. The summed E-state index contributed by atoms with van der Waals surface area (Å²) in [6.45, 7) is 3.26. The van der Waals surface area contributed by atoms with Crippen molar-refractivity contribution in [1.29, 1.82) is 0 Å². The minimum absolute atomic E-state index is 0.0185. The largest absolute Gasteiger partial charge is 0.477 e. The van der Waals surface area contributed by atoms with E-state index in [-0.39, 0.29) is 17.1 Å². The van der Waals surface area contributed by atoms with E-state index in [1.165, 1.54) is 22.5 Å². The van der Waals surface area contributed by atoms with Crippen LogP contribution in [0, 0.1) is 6.92 Å². The number of carboxylic acid groups (broad SMARTS) is 1. The number of piperidine rings is 1. The number of nitrogens with zero attached hydrogens (tertiary/aromatic N) is 4. The number of rotatable bonds is 5. The number of aromatic carboxylic acids is 1. The maximum absolute atomic E-state index is 13.6. The van der Waals surface area contributed by atoms with Crippen LogP contribution in [0.2, 0.25) is 0 Å². The normalized spacial score (nSPS) is 14.3. The van der Waals surface area contributed by atoms with E-state index in [4.69, 9.17) is 0 Å². The van der Waals surface area contributed by atoms with E-state index < -0.39 is 5.97 Å². The standard InChI is InChI=1S/C26H25N5O3/c1-17-6-5-9-20(14-17)29-24-21(15-27-23-22(26(33)34)16-28-31(23)24)25(32)30-12-10-19(11-13-30)18-7-3-2-4-8-18/h2-9,14-16,19,29H,10-13H2,1H3,(H,33,34). The van der Waals surface area contributed by atoms with Gasteiger partial charge < -0.3 is 15.3 Å². The molecule has 34 heavy (non-hydrogen) atoms. The molecule has 0 saturated carbocycles. The van der Waals surface area contributed by atoms with Crippen molar-refractivity contribution >= 4 is 29.0 Å². The lowest BCUT2D eigenvalue weighted by Crippen LogP contribution is -2.38. The van der Waals surface area contributed by atoms with Gasteiger partial charge in [0.1, 0.15) is 16.9 Å². The van der Waals surface area contributed by atoms with Gasteiger partial charge in [0.15, 0.2) is 5.65 Å². The maximum atomic E-state index is 13.6. The highest BCUT2D eigenvalue weighted by atomic mass is 16.4. The number of nitrogens with one attached hydrogen (secondary N) is 1. The maximum Gasteiger partial charge on any atom is 0.341 e. The number of hydrogen-bond donors (Lipinski definition) is 2. The average molecular weight is 456 g/mol. The van der Waals surface area contributed by atoms with Gasteiger partial charge in [-0.2, -0.15) is 9.61 Å². The number of amides is 1. The van der Waals surface area contributed by atoms with Crippen LogP contribution in [0.1, 0.15) is 50.6 Å². The molecule has 8 heteroatoms. The van der Waals surface area contributed by atoms with Crippen molar-refractivity contribution < 1.29 is 14.7 Å². The molecule has 172 valence electrons. The lowest BCUT2D eigenvalue weighted by Gasteiger charge is -2.32. The van der Waals surface area contributed by atoms with Crippen LogP contribution >= 0.6 is 0 Å². The summed E-state index contributed by atoms with van der Waals surface area (Å²) in [6, 6.07) is 18.1. The highest BCUT2D eigenvalue weighted by Gasteiger charge is 2.28. The number of benzene rings is 2. The molecule has 3 heterocycles. The first-order valence-electron chi connectivity index (χ1n) is 11.3. The summed E-state index contributed by atoms with van der Waals surface area (Å²) in [7, 11) is 0. The number of carboxylic acids is 1. The highest BCUT2D eigenvalue weighted by Crippen LogP contribution is 2.30. The number of hydrogen-bond acceptors (Lipinski definition) is 5. The summed E-state index contributed by atoms with van der Waals surface area (Å²) in [5.74, 6) is -0.437. The minimum atomic E-state index is -1.12. The van der Waals surface area contributed by atoms with Gasteiger partial charge in [-0.3, -0.25) is 4.79 Å². The summed E-state index contributed by atoms with van der Waals surface area (Å²) < 4.78 is 1.40. The van der Waals surface area contributed by atoms with Crippen LogP contribution in [0.4, 0.5) is 11.5 Å². The van der Waals surface area contributed by atoms with Crippen LogP contribution in [0.5, 0.6) is 0 Å². The van der Waals surface area contributed by atoms with Gasteiger partial charge in [-0.05, 0) is 48.9 Å². The molecule has 2 aromatic heterocycles. The topological polar surface area (TPSA) is 99.8 Å². The molecule has 0 unspecified atom stereocenters. The van der Waals surface area contributed by atoms with Gasteiger partial charge in [0, 0.05) is 25.0 Å². The summed E-state index contributed by atoms with van der Waals surface area (Å²) in [5.41, 5.74) is 3.65. The number of aryl methyl sites for hydroxylation is 1. The van der Waals surface area contributed by atoms with Crippen molar-refractivity contribution in [3.8, 4) is 0 Å². The Balaban J connectivity index is 1.47. The molecule has 1 amide bonds. The van der Waals surface area contributed by atoms with Gasteiger partial charge in [-0.15, -0.1) is 0 Å². The Labute approximate surface area is 196 Å². The third kappa shape index (κ3) is 4.10. The fraction of sp³-hybridized carbons (Fsp3) is 0.231. The summed E-state index contributed by atoms with van der Waals surface area (Å²) in [4.78, 5) is 31.3. The molecule has 1 aliphatic heterocycles. The predicted molar refractivity (Wildman–Crippen MR) is 129 cm³/mol. The Morgan fingerprint density at radius 2 is 1.76 bits per heavy atom. The van der Waals surface area contributed by atoms with E-state index in [0.717, 1.165) is 24.1 Å². The summed E-state index contributed by atoms with van der Waals surface area (Å²) in [6.07, 6.45) is 4.48. The van der Waals surface area contributed by atoms with E-state index in [9.17, 15) is 14.7 Å². The lowest BCUT2D eigenvalue weighted by molar-refractivity contribution is 0.0695. The van der Waals surface area contributed by atoms with Gasteiger partial charge in [-0.1, -0.05) is 42.5 Å². The molecule has 0 radical (unpaired) electrons. The zero-order valence-electron chi connectivity index (χ0n) is 18.8. The first-order valence-corrected chi connectivity index (χ1v) is 11.3. The Hall–Kier alpha value is -4.20. The Morgan fingerprint density at radius 3 is 2.47 bits per heavy atom. The number of carbonyl (C=O) groups is 2. The monoisotopic (exact) mass is 455 g/mol.